The van der Waals surface area contributed by atoms with Crippen molar-refractivity contribution in [2.75, 3.05) is 0 Å². The maximum Gasteiger partial charge on any atom is 0.162 e. The first-order valence-electron chi connectivity index (χ1n) is 16.1. The minimum absolute atomic E-state index is 0. The van der Waals surface area contributed by atoms with Gasteiger partial charge in [0.15, 0.2) is 5.78 Å². The van der Waals surface area contributed by atoms with E-state index in [9.17, 15) is 9.90 Å². The number of allylic oxidation sites excluding steroid dienone is 2. The molecule has 0 atom stereocenters. The van der Waals surface area contributed by atoms with Crippen molar-refractivity contribution < 1.29 is 34.4 Å². The Morgan fingerprint density at radius 3 is 2.24 bits per heavy atom. The quantitative estimate of drug-likeness (QED) is 0.0900. The molecule has 46 heavy (non-hydrogen) atoms. The van der Waals surface area contributed by atoms with E-state index in [2.05, 4.69) is 77.8 Å². The predicted molar refractivity (Wildman–Crippen MR) is 187 cm³/mol. The zero-order valence-corrected chi connectivity index (χ0v) is 29.7. The van der Waals surface area contributed by atoms with Crippen LogP contribution < -0.4 is 0 Å². The number of carbonyl (C=O) groups is 1. The van der Waals surface area contributed by atoms with Gasteiger partial charge in [0, 0.05) is 55.0 Å². The van der Waals surface area contributed by atoms with Crippen LogP contribution in [0.4, 0.5) is 0 Å². The molecular weight excluding hydrogens is 747 g/mol. The Bertz CT molecular complexity index is 1950. The van der Waals surface area contributed by atoms with Crippen molar-refractivity contribution >= 4 is 38.5 Å². The summed E-state index contributed by atoms with van der Waals surface area (Å²) < 4.78 is 6.08. The van der Waals surface area contributed by atoms with Crippen LogP contribution in [0.2, 0.25) is 0 Å². The monoisotopic (exact) mass is 789 g/mol. The van der Waals surface area contributed by atoms with Crippen molar-refractivity contribution in [2.24, 2.45) is 11.8 Å². The van der Waals surface area contributed by atoms with E-state index in [0.717, 1.165) is 64.6 Å². The first-order chi connectivity index (χ1) is 21.9. The Labute approximate surface area is 285 Å². The molecule has 239 valence electrons. The van der Waals surface area contributed by atoms with Gasteiger partial charge in [-0.05, 0) is 72.3 Å². The second-order valence-corrected chi connectivity index (χ2v) is 11.6. The molecule has 0 saturated carbocycles. The average molecular weight is 789 g/mol. The van der Waals surface area contributed by atoms with Crippen LogP contribution in [0.15, 0.2) is 107 Å². The largest absolute Gasteiger partial charge is 0.512 e. The second-order valence-electron chi connectivity index (χ2n) is 11.6. The molecule has 0 amide bonds. The van der Waals surface area contributed by atoms with Gasteiger partial charge in [-0.3, -0.25) is 4.79 Å². The third-order valence-corrected chi connectivity index (χ3v) is 8.78. The van der Waals surface area contributed by atoms with Crippen LogP contribution in [-0.2, 0) is 24.9 Å². The number of pyridine rings is 1. The molecule has 0 aliphatic heterocycles. The number of aryl methyl sites for hydroxylation is 1. The number of ketones is 1. The number of rotatable bonds is 9. The van der Waals surface area contributed by atoms with E-state index in [-0.39, 0.29) is 43.5 Å². The van der Waals surface area contributed by atoms with Crippen LogP contribution in [0.5, 0.6) is 0 Å². The van der Waals surface area contributed by atoms with Crippen molar-refractivity contribution in [2.45, 2.75) is 60.3 Å². The van der Waals surface area contributed by atoms with Gasteiger partial charge >= 0.3 is 0 Å². The van der Waals surface area contributed by atoms with Crippen molar-refractivity contribution in [1.29, 1.82) is 0 Å². The standard InChI is InChI=1S/C28H18NO.C13H24O2.Ir/c1-18-12-14-25(29-17-18)20-7-4-6-19(16-20)21-9-5-10-23-22(21)13-15-27-28(23)24-8-2-3-11-26(24)30-27;1-5-10(6-2)12(14)9-13(15)11(7-3)8-4;/h2-6,8-17H,1H3;9-11,14H,5-8H2,1-4H3;/q-1;;/b;12-9-;. The van der Waals surface area contributed by atoms with Gasteiger partial charge in [0.25, 0.3) is 0 Å². The number of aliphatic hydroxyl groups excluding tert-OH is 1. The molecular formula is C41H42IrNO3-. The molecule has 4 nitrogen and oxygen atoms in total. The minimum atomic E-state index is 0. The minimum Gasteiger partial charge on any atom is -0.512 e. The van der Waals surface area contributed by atoms with Crippen LogP contribution >= 0.6 is 0 Å². The molecule has 6 aromatic rings. The molecule has 0 aliphatic rings. The summed E-state index contributed by atoms with van der Waals surface area (Å²) >= 11 is 0. The summed E-state index contributed by atoms with van der Waals surface area (Å²) in [4.78, 5) is 16.3. The van der Waals surface area contributed by atoms with Gasteiger partial charge in [-0.1, -0.05) is 82.3 Å². The number of furan rings is 1. The Balaban J connectivity index is 0.000000259. The van der Waals surface area contributed by atoms with Gasteiger partial charge in [-0.2, -0.15) is 0 Å². The molecule has 2 aromatic heterocycles. The van der Waals surface area contributed by atoms with Crippen molar-refractivity contribution in [3.05, 3.63) is 115 Å². The van der Waals surface area contributed by atoms with E-state index < -0.39 is 0 Å². The molecule has 1 radical (unpaired) electrons. The molecule has 0 spiro atoms. The predicted octanol–water partition coefficient (Wildman–Crippen LogP) is 11.4. The van der Waals surface area contributed by atoms with E-state index in [0.29, 0.717) is 0 Å². The van der Waals surface area contributed by atoms with Crippen LogP contribution in [0.25, 0.3) is 55.1 Å². The molecule has 0 aliphatic carbocycles. The summed E-state index contributed by atoms with van der Waals surface area (Å²) in [5, 5.41) is 14.5. The molecule has 5 heteroatoms. The summed E-state index contributed by atoms with van der Waals surface area (Å²) in [7, 11) is 0. The van der Waals surface area contributed by atoms with Gasteiger partial charge in [0.2, 0.25) is 0 Å². The summed E-state index contributed by atoms with van der Waals surface area (Å²) in [6.07, 6.45) is 6.80. The van der Waals surface area contributed by atoms with E-state index in [4.69, 9.17) is 4.42 Å². The number of aromatic nitrogens is 1. The summed E-state index contributed by atoms with van der Waals surface area (Å²) in [6.45, 7) is 10.1. The third kappa shape index (κ3) is 7.49. The van der Waals surface area contributed by atoms with E-state index in [1.807, 2.05) is 59.0 Å². The zero-order chi connectivity index (χ0) is 31.9. The van der Waals surface area contributed by atoms with Gasteiger partial charge in [0.05, 0.1) is 5.76 Å². The number of benzene rings is 4. The fraction of sp³-hybridized carbons (Fsp3) is 0.268. The number of hydrogen-bond acceptors (Lipinski definition) is 4. The third-order valence-electron chi connectivity index (χ3n) is 8.78. The zero-order valence-electron chi connectivity index (χ0n) is 27.3. The molecule has 1 N–H and O–H groups in total. The molecule has 2 heterocycles. The first-order valence-corrected chi connectivity index (χ1v) is 16.1. The van der Waals surface area contributed by atoms with E-state index in [1.54, 1.807) is 0 Å². The molecule has 6 rings (SSSR count). The van der Waals surface area contributed by atoms with Crippen molar-refractivity contribution in [1.82, 2.24) is 4.98 Å². The number of hydrogen-bond donors (Lipinski definition) is 1. The van der Waals surface area contributed by atoms with Crippen LogP contribution in [0.1, 0.15) is 58.9 Å². The first kappa shape index (κ1) is 34.8. The Hall–Kier alpha value is -4.05. The van der Waals surface area contributed by atoms with Gasteiger partial charge < -0.3 is 14.5 Å². The fourth-order valence-electron chi connectivity index (χ4n) is 6.02. The number of aliphatic hydroxyl groups is 1. The molecule has 4 aromatic carbocycles. The second kappa shape index (κ2) is 16.0. The van der Waals surface area contributed by atoms with Crippen LogP contribution in [0.3, 0.4) is 0 Å². The fourth-order valence-corrected chi connectivity index (χ4v) is 6.02. The van der Waals surface area contributed by atoms with E-state index >= 15 is 0 Å². The Kier molecular flexibility index (Phi) is 12.1. The topological polar surface area (TPSA) is 63.3 Å². The smallest absolute Gasteiger partial charge is 0.162 e. The molecule has 0 saturated heterocycles. The SMILES string of the molecule is CCC(CC)C(=O)/C=C(\O)C(CC)CC.Cc1ccc(-c2[c-]ccc(-c3cccc4c3ccc3oc5ccccc5c34)c2)nc1.[Ir]. The maximum absolute atomic E-state index is 11.7. The van der Waals surface area contributed by atoms with Crippen LogP contribution in [-0.4, -0.2) is 15.9 Å². The van der Waals surface area contributed by atoms with Crippen molar-refractivity contribution in [3.63, 3.8) is 0 Å². The molecule has 0 unspecified atom stereocenters. The summed E-state index contributed by atoms with van der Waals surface area (Å²) in [6, 6.07) is 32.7. The van der Waals surface area contributed by atoms with Gasteiger partial charge in [0.1, 0.15) is 11.2 Å². The van der Waals surface area contributed by atoms with Crippen molar-refractivity contribution in [3.8, 4) is 22.4 Å². The van der Waals surface area contributed by atoms with E-state index in [1.165, 1.54) is 27.8 Å². The van der Waals surface area contributed by atoms with Crippen LogP contribution in [0, 0.1) is 24.8 Å². The van der Waals surface area contributed by atoms with Gasteiger partial charge in [-0.15, -0.1) is 35.4 Å². The normalized spacial score (nSPS) is 11.6. The number of para-hydroxylation sites is 1. The van der Waals surface area contributed by atoms with Gasteiger partial charge in [-0.25, -0.2) is 0 Å². The molecule has 0 bridgehead atoms. The summed E-state index contributed by atoms with van der Waals surface area (Å²) in [5.74, 6) is 0.547. The number of fused-ring (bicyclic) bond motifs is 5. The maximum atomic E-state index is 11.7. The number of carbonyl (C=O) groups excluding carboxylic acids is 1. The molecule has 0 fully saturated rings. The Morgan fingerprint density at radius 1 is 0.826 bits per heavy atom. The number of nitrogens with zero attached hydrogens (tertiary/aromatic N) is 1. The summed E-state index contributed by atoms with van der Waals surface area (Å²) in [5.41, 5.74) is 7.29. The average Bonchev–Trinajstić information content (AvgIpc) is 3.46. The Morgan fingerprint density at radius 2 is 1.54 bits per heavy atom.